The van der Waals surface area contributed by atoms with E-state index < -0.39 is 23.2 Å². The van der Waals surface area contributed by atoms with Crippen molar-refractivity contribution in [2.45, 2.75) is 19.5 Å². The van der Waals surface area contributed by atoms with Gasteiger partial charge < -0.3 is 14.8 Å². The Labute approximate surface area is 228 Å². The summed E-state index contributed by atoms with van der Waals surface area (Å²) in [6.45, 7) is 2.37. The zero-order valence-corrected chi connectivity index (χ0v) is 22.2. The van der Waals surface area contributed by atoms with Crippen molar-refractivity contribution in [2.24, 2.45) is 0 Å². The molecule has 0 aliphatic carbocycles. The number of halogens is 3. The van der Waals surface area contributed by atoms with E-state index in [1.54, 1.807) is 48.1 Å². The van der Waals surface area contributed by atoms with E-state index in [4.69, 9.17) is 5.26 Å². The van der Waals surface area contributed by atoms with Gasteiger partial charge in [0.2, 0.25) is 0 Å². The molecule has 11 heteroatoms. The highest BCUT2D eigenvalue weighted by atomic mass is 19.4. The van der Waals surface area contributed by atoms with Crippen LogP contribution < -0.4 is 10.5 Å². The first-order valence-electron chi connectivity index (χ1n) is 12.4. The predicted molar refractivity (Wildman–Crippen MR) is 145 cm³/mol. The molecule has 4 rings (SSSR count). The number of nitriles is 1. The molecule has 0 fully saturated rings. The molecular weight excluding hydrogens is 521 g/mol. The van der Waals surface area contributed by atoms with Crippen LogP contribution in [0.5, 0.6) is 0 Å². The van der Waals surface area contributed by atoms with Crippen LogP contribution in [0.1, 0.15) is 33.6 Å². The van der Waals surface area contributed by atoms with Crippen LogP contribution in [0.25, 0.3) is 16.9 Å². The topological polar surface area (TPSA) is 98.0 Å². The van der Waals surface area contributed by atoms with Crippen LogP contribution >= 0.6 is 0 Å². The van der Waals surface area contributed by atoms with Crippen molar-refractivity contribution in [3.63, 3.8) is 0 Å². The highest BCUT2D eigenvalue weighted by Crippen LogP contribution is 2.32. The smallest absolute Gasteiger partial charge is 0.325 e. The van der Waals surface area contributed by atoms with E-state index in [-0.39, 0.29) is 17.8 Å². The van der Waals surface area contributed by atoms with Gasteiger partial charge in [0.05, 0.1) is 34.8 Å². The third kappa shape index (κ3) is 6.13. The minimum atomic E-state index is -4.59. The summed E-state index contributed by atoms with van der Waals surface area (Å²) in [4.78, 5) is 32.7. The maximum absolute atomic E-state index is 13.8. The van der Waals surface area contributed by atoms with E-state index in [1.165, 1.54) is 23.1 Å². The van der Waals surface area contributed by atoms with Gasteiger partial charge >= 0.3 is 6.18 Å². The average molecular weight is 549 g/mol. The molecule has 206 valence electrons. The zero-order chi connectivity index (χ0) is 29.0. The summed E-state index contributed by atoms with van der Waals surface area (Å²) in [6.07, 6.45) is -2.56. The van der Waals surface area contributed by atoms with Crippen LogP contribution in [0.2, 0.25) is 0 Å². The van der Waals surface area contributed by atoms with Crippen LogP contribution in [0.3, 0.4) is 0 Å². The van der Waals surface area contributed by atoms with E-state index in [1.807, 2.05) is 19.0 Å². The Bertz CT molecular complexity index is 1610. The van der Waals surface area contributed by atoms with Crippen LogP contribution in [-0.2, 0) is 6.18 Å². The fraction of sp³-hybridized carbons (Fsp3) is 0.241. The lowest BCUT2D eigenvalue weighted by atomic mass is 10.1. The Morgan fingerprint density at radius 1 is 1.07 bits per heavy atom. The normalized spacial score (nSPS) is 11.4. The van der Waals surface area contributed by atoms with Crippen molar-refractivity contribution in [1.29, 1.82) is 5.26 Å². The number of hydrogen-bond donors (Lipinski definition) is 1. The maximum atomic E-state index is 13.8. The van der Waals surface area contributed by atoms with Gasteiger partial charge in [0.15, 0.2) is 0 Å². The molecule has 0 atom stereocenters. The third-order valence-electron chi connectivity index (χ3n) is 6.35. The first-order chi connectivity index (χ1) is 19.0. The second-order valence-electron chi connectivity index (χ2n) is 9.50. The van der Waals surface area contributed by atoms with Gasteiger partial charge in [0.25, 0.3) is 11.5 Å². The molecule has 0 bridgehead atoms. The van der Waals surface area contributed by atoms with Gasteiger partial charge in [-0.1, -0.05) is 6.07 Å². The minimum absolute atomic E-state index is 0.0442. The molecule has 0 unspecified atom stereocenters. The first-order valence-corrected chi connectivity index (χ1v) is 12.4. The fourth-order valence-electron chi connectivity index (χ4n) is 4.33. The average Bonchev–Trinajstić information content (AvgIpc) is 3.40. The number of alkyl halides is 3. The molecule has 0 radical (unpaired) electrons. The number of rotatable bonds is 8. The molecule has 0 saturated carbocycles. The molecule has 1 N–H and O–H groups in total. The van der Waals surface area contributed by atoms with E-state index in [2.05, 4.69) is 16.2 Å². The highest BCUT2D eigenvalue weighted by Gasteiger charge is 2.32. The monoisotopic (exact) mass is 548 g/mol. The lowest BCUT2D eigenvalue weighted by Gasteiger charge is -2.25. The molecular formula is C29H27F3N6O2. The molecule has 0 saturated heterocycles. The number of H-pyrrole nitrogens is 1. The van der Waals surface area contributed by atoms with E-state index in [0.29, 0.717) is 41.2 Å². The molecule has 0 aliphatic heterocycles. The summed E-state index contributed by atoms with van der Waals surface area (Å²) >= 11 is 0. The molecule has 2 aromatic heterocycles. The van der Waals surface area contributed by atoms with E-state index in [9.17, 15) is 22.8 Å². The second kappa shape index (κ2) is 11.6. The molecule has 0 aliphatic rings. The number of carbonyl (C=O) groups excluding carboxylic acids is 1. The summed E-state index contributed by atoms with van der Waals surface area (Å²) in [5, 5.41) is 13.5. The lowest BCUT2D eigenvalue weighted by Crippen LogP contribution is -2.37. The van der Waals surface area contributed by atoms with Crippen LogP contribution in [0.15, 0.2) is 71.7 Å². The standard InChI is InChI=1S/C29H27F3N6O2/c1-19-24(26-12-13-34-38(26)22-10-8-20(18-33)9-11-22)17-25(27(39)35-19)28(40)37(15-5-14-36(2)3)23-7-4-6-21(16-23)29(30,31)32/h4,6-13,16-17H,5,14-15H2,1-3H3,(H,35,39). The quantitative estimate of drug-likeness (QED) is 0.333. The first kappa shape index (κ1) is 28.3. The number of nitrogens with zero attached hydrogens (tertiary/aromatic N) is 5. The number of pyridine rings is 1. The number of amides is 1. The van der Waals surface area contributed by atoms with E-state index >= 15 is 0 Å². The number of anilines is 1. The van der Waals surface area contributed by atoms with Crippen LogP contribution in [0.4, 0.5) is 18.9 Å². The molecule has 8 nitrogen and oxygen atoms in total. The van der Waals surface area contributed by atoms with Crippen LogP contribution in [0, 0.1) is 18.3 Å². The van der Waals surface area contributed by atoms with Gasteiger partial charge in [-0.15, -0.1) is 0 Å². The van der Waals surface area contributed by atoms with Crippen molar-refractivity contribution in [1.82, 2.24) is 19.7 Å². The molecule has 4 aromatic rings. The zero-order valence-electron chi connectivity index (χ0n) is 22.2. The Kier molecular flexibility index (Phi) is 8.21. The second-order valence-corrected chi connectivity index (χ2v) is 9.50. The summed E-state index contributed by atoms with van der Waals surface area (Å²) in [6, 6.07) is 16.5. The Morgan fingerprint density at radius 2 is 1.80 bits per heavy atom. The highest BCUT2D eigenvalue weighted by molar-refractivity contribution is 6.06. The molecule has 2 aromatic carbocycles. The SMILES string of the molecule is Cc1[nH]c(=O)c(C(=O)N(CCCN(C)C)c2cccc(C(F)(F)F)c2)cc1-c1ccnn1-c1ccc(C#N)cc1. The molecule has 2 heterocycles. The third-order valence-corrected chi connectivity index (χ3v) is 6.35. The van der Waals surface area contributed by atoms with Gasteiger partial charge in [0, 0.05) is 23.5 Å². The summed E-state index contributed by atoms with van der Waals surface area (Å²) < 4.78 is 42.0. The Hall–Kier alpha value is -4.69. The number of aryl methyl sites for hydroxylation is 1. The van der Waals surface area contributed by atoms with Gasteiger partial charge in [-0.25, -0.2) is 4.68 Å². The van der Waals surface area contributed by atoms with Gasteiger partial charge in [-0.2, -0.15) is 23.5 Å². The van der Waals surface area contributed by atoms with Crippen molar-refractivity contribution in [3.8, 4) is 23.0 Å². The summed E-state index contributed by atoms with van der Waals surface area (Å²) in [5.74, 6) is -0.718. The molecule has 1 amide bonds. The Balaban J connectivity index is 1.78. The number of benzene rings is 2. The Morgan fingerprint density at radius 3 is 2.45 bits per heavy atom. The maximum Gasteiger partial charge on any atom is 0.416 e. The lowest BCUT2D eigenvalue weighted by molar-refractivity contribution is -0.137. The summed E-state index contributed by atoms with van der Waals surface area (Å²) in [7, 11) is 3.70. The van der Waals surface area contributed by atoms with Gasteiger partial charge in [-0.05, 0) is 88.6 Å². The molecule has 0 spiro atoms. The summed E-state index contributed by atoms with van der Waals surface area (Å²) in [5.41, 5.74) is 1.00. The van der Waals surface area contributed by atoms with Gasteiger partial charge in [-0.3, -0.25) is 9.59 Å². The van der Waals surface area contributed by atoms with Crippen molar-refractivity contribution >= 4 is 11.6 Å². The predicted octanol–water partition coefficient (Wildman–Crippen LogP) is 5.03. The molecule has 40 heavy (non-hydrogen) atoms. The minimum Gasteiger partial charge on any atom is -0.325 e. The van der Waals surface area contributed by atoms with Crippen molar-refractivity contribution in [2.75, 3.05) is 32.1 Å². The van der Waals surface area contributed by atoms with Crippen molar-refractivity contribution < 1.29 is 18.0 Å². The van der Waals surface area contributed by atoms with Crippen LogP contribution in [-0.4, -0.2) is 52.8 Å². The van der Waals surface area contributed by atoms with Crippen molar-refractivity contribution in [3.05, 3.63) is 99.6 Å². The number of hydrogen-bond acceptors (Lipinski definition) is 5. The largest absolute Gasteiger partial charge is 0.416 e. The number of aromatic amines is 1. The number of carbonyl (C=O) groups is 1. The number of nitrogens with one attached hydrogen (secondary N) is 1. The fourth-order valence-corrected chi connectivity index (χ4v) is 4.33. The van der Waals surface area contributed by atoms with Gasteiger partial charge in [0.1, 0.15) is 5.56 Å². The number of aromatic nitrogens is 3. The van der Waals surface area contributed by atoms with E-state index in [0.717, 1.165) is 12.1 Å².